The first kappa shape index (κ1) is 18.6. The van der Waals surface area contributed by atoms with Crippen LogP contribution in [0.1, 0.15) is 26.3 Å². The Balaban J connectivity index is 0.000000299. The molecule has 0 saturated carbocycles. The maximum absolute atomic E-state index is 5.59. The van der Waals surface area contributed by atoms with E-state index >= 15 is 0 Å². The molecule has 0 amide bonds. The van der Waals surface area contributed by atoms with E-state index in [1.54, 1.807) is 36.1 Å². The van der Waals surface area contributed by atoms with Crippen molar-refractivity contribution < 1.29 is 0 Å². The summed E-state index contributed by atoms with van der Waals surface area (Å²) in [5.74, 6) is 3.67. The SMILES string of the molecule is C#Cc1ccsc1-c1nc2cnccn2c1NC(C)(C)C.c1ccncc1. The molecule has 6 heteroatoms. The van der Waals surface area contributed by atoms with Gasteiger partial charge in [0.15, 0.2) is 5.65 Å². The van der Waals surface area contributed by atoms with Gasteiger partial charge in [-0.2, -0.15) is 0 Å². The molecule has 0 spiro atoms. The first-order chi connectivity index (χ1) is 13.0. The Morgan fingerprint density at radius 1 is 1.11 bits per heavy atom. The molecule has 0 radical (unpaired) electrons. The molecule has 4 heterocycles. The standard InChI is InChI=1S/C16H16N4S.C5H5N/c1-5-11-6-9-21-14(11)13-15(19-16(2,3)4)20-8-7-17-10-12(20)18-13;1-2-4-6-5-3-1/h1,6-10,19H,2-4H3;1-5H. The van der Waals surface area contributed by atoms with Crippen LogP contribution in [0.5, 0.6) is 0 Å². The lowest BCUT2D eigenvalue weighted by atomic mass is 10.1. The second kappa shape index (κ2) is 8.02. The number of nitrogens with one attached hydrogen (secondary N) is 1. The summed E-state index contributed by atoms with van der Waals surface area (Å²) in [4.78, 5) is 13.6. The lowest BCUT2D eigenvalue weighted by Gasteiger charge is -2.22. The van der Waals surface area contributed by atoms with Gasteiger partial charge in [-0.25, -0.2) is 4.98 Å². The lowest BCUT2D eigenvalue weighted by molar-refractivity contribution is 0.629. The van der Waals surface area contributed by atoms with Gasteiger partial charge in [0.25, 0.3) is 0 Å². The van der Waals surface area contributed by atoms with E-state index in [0.29, 0.717) is 0 Å². The Labute approximate surface area is 163 Å². The Kier molecular flexibility index (Phi) is 5.53. The highest BCUT2D eigenvalue weighted by Crippen LogP contribution is 2.35. The first-order valence-electron chi connectivity index (χ1n) is 8.49. The molecular weight excluding hydrogens is 354 g/mol. The quantitative estimate of drug-likeness (QED) is 0.515. The van der Waals surface area contributed by atoms with Gasteiger partial charge in [0.05, 0.1) is 11.1 Å². The molecule has 0 aromatic carbocycles. The molecule has 27 heavy (non-hydrogen) atoms. The molecule has 0 unspecified atom stereocenters. The van der Waals surface area contributed by atoms with Gasteiger partial charge in [0, 0.05) is 35.9 Å². The van der Waals surface area contributed by atoms with E-state index in [-0.39, 0.29) is 5.54 Å². The molecule has 0 atom stereocenters. The number of terminal acetylenes is 1. The van der Waals surface area contributed by atoms with Crippen LogP contribution in [0.4, 0.5) is 5.82 Å². The summed E-state index contributed by atoms with van der Waals surface area (Å²) >= 11 is 1.60. The van der Waals surface area contributed by atoms with Crippen molar-refractivity contribution >= 4 is 22.8 Å². The van der Waals surface area contributed by atoms with Crippen LogP contribution in [-0.2, 0) is 0 Å². The Bertz CT molecular complexity index is 1020. The van der Waals surface area contributed by atoms with Crippen LogP contribution in [0, 0.1) is 12.3 Å². The van der Waals surface area contributed by atoms with Gasteiger partial charge < -0.3 is 5.32 Å². The van der Waals surface area contributed by atoms with Crippen LogP contribution in [0.15, 0.2) is 60.6 Å². The number of nitrogens with zero attached hydrogens (tertiary/aromatic N) is 4. The zero-order valence-corrected chi connectivity index (χ0v) is 16.4. The second-order valence-electron chi connectivity index (χ2n) is 6.82. The van der Waals surface area contributed by atoms with Crippen molar-refractivity contribution in [3.63, 3.8) is 0 Å². The summed E-state index contributed by atoms with van der Waals surface area (Å²) in [6.45, 7) is 6.36. The topological polar surface area (TPSA) is 55.1 Å². The first-order valence-corrected chi connectivity index (χ1v) is 9.37. The van der Waals surface area contributed by atoms with E-state index in [4.69, 9.17) is 11.4 Å². The van der Waals surface area contributed by atoms with Gasteiger partial charge in [-0.15, -0.1) is 17.8 Å². The summed E-state index contributed by atoms with van der Waals surface area (Å²) in [6.07, 6.45) is 14.5. The fourth-order valence-electron chi connectivity index (χ4n) is 2.46. The maximum atomic E-state index is 5.59. The molecule has 0 fully saturated rings. The molecule has 5 nitrogen and oxygen atoms in total. The van der Waals surface area contributed by atoms with Gasteiger partial charge in [-0.05, 0) is 44.4 Å². The van der Waals surface area contributed by atoms with Crippen LogP contribution in [0.25, 0.3) is 16.2 Å². The average Bonchev–Trinajstić information content (AvgIpc) is 3.27. The third-order valence-electron chi connectivity index (χ3n) is 3.53. The van der Waals surface area contributed by atoms with Crippen molar-refractivity contribution in [1.29, 1.82) is 0 Å². The summed E-state index contributed by atoms with van der Waals surface area (Å²) < 4.78 is 2.01. The highest BCUT2D eigenvalue weighted by molar-refractivity contribution is 7.13. The molecule has 0 bridgehead atoms. The van der Waals surface area contributed by atoms with E-state index in [2.05, 4.69) is 42.0 Å². The molecule has 0 aliphatic heterocycles. The predicted octanol–water partition coefficient (Wildman–Crippen LogP) is 4.73. The fourth-order valence-corrected chi connectivity index (χ4v) is 3.31. The molecule has 4 aromatic heterocycles. The summed E-state index contributed by atoms with van der Waals surface area (Å²) in [7, 11) is 0. The minimum Gasteiger partial charge on any atom is -0.365 e. The van der Waals surface area contributed by atoms with E-state index in [0.717, 1.165) is 27.6 Å². The number of fused-ring (bicyclic) bond motifs is 1. The van der Waals surface area contributed by atoms with Gasteiger partial charge >= 0.3 is 0 Å². The Morgan fingerprint density at radius 3 is 2.48 bits per heavy atom. The number of imidazole rings is 1. The largest absolute Gasteiger partial charge is 0.365 e. The van der Waals surface area contributed by atoms with E-state index < -0.39 is 0 Å². The zero-order chi connectivity index (χ0) is 19.3. The molecule has 136 valence electrons. The highest BCUT2D eigenvalue weighted by Gasteiger charge is 2.21. The number of anilines is 1. The summed E-state index contributed by atoms with van der Waals surface area (Å²) in [6, 6.07) is 7.66. The van der Waals surface area contributed by atoms with Crippen LogP contribution in [0.2, 0.25) is 0 Å². The summed E-state index contributed by atoms with van der Waals surface area (Å²) in [5, 5.41) is 5.52. The van der Waals surface area contributed by atoms with Crippen LogP contribution in [0.3, 0.4) is 0 Å². The third-order valence-corrected chi connectivity index (χ3v) is 4.45. The van der Waals surface area contributed by atoms with Crippen LogP contribution in [-0.4, -0.2) is 24.9 Å². The number of rotatable bonds is 2. The van der Waals surface area contributed by atoms with E-state index in [9.17, 15) is 0 Å². The monoisotopic (exact) mass is 375 g/mol. The van der Waals surface area contributed by atoms with Crippen LogP contribution >= 0.6 is 11.3 Å². The molecule has 1 N–H and O–H groups in total. The summed E-state index contributed by atoms with van der Waals surface area (Å²) in [5.41, 5.74) is 2.46. The van der Waals surface area contributed by atoms with Crippen molar-refractivity contribution in [3.05, 3.63) is 66.2 Å². The molecule has 0 aliphatic rings. The van der Waals surface area contributed by atoms with Crippen molar-refractivity contribution in [1.82, 2.24) is 19.4 Å². The van der Waals surface area contributed by atoms with Crippen molar-refractivity contribution in [2.75, 3.05) is 5.32 Å². The zero-order valence-electron chi connectivity index (χ0n) is 15.5. The second-order valence-corrected chi connectivity index (χ2v) is 7.74. The van der Waals surface area contributed by atoms with Gasteiger partial charge in [0.1, 0.15) is 11.5 Å². The lowest BCUT2D eigenvalue weighted by Crippen LogP contribution is -2.27. The van der Waals surface area contributed by atoms with Crippen LogP contribution < -0.4 is 5.32 Å². The Hall–Kier alpha value is -3.17. The van der Waals surface area contributed by atoms with Gasteiger partial charge in [0.2, 0.25) is 0 Å². The molecular formula is C21H21N5S. The van der Waals surface area contributed by atoms with Gasteiger partial charge in [-0.1, -0.05) is 12.0 Å². The molecule has 0 aliphatic carbocycles. The number of thiophene rings is 1. The molecule has 0 saturated heterocycles. The minimum absolute atomic E-state index is 0.0818. The number of hydrogen-bond acceptors (Lipinski definition) is 5. The third kappa shape index (κ3) is 4.52. The van der Waals surface area contributed by atoms with E-state index in [1.807, 2.05) is 40.2 Å². The Morgan fingerprint density at radius 2 is 1.89 bits per heavy atom. The average molecular weight is 376 g/mol. The highest BCUT2D eigenvalue weighted by atomic mass is 32.1. The van der Waals surface area contributed by atoms with Crippen molar-refractivity contribution in [2.24, 2.45) is 0 Å². The number of aromatic nitrogens is 4. The fraction of sp³-hybridized carbons (Fsp3) is 0.190. The maximum Gasteiger partial charge on any atom is 0.157 e. The minimum atomic E-state index is -0.0818. The number of pyridine rings is 1. The smallest absolute Gasteiger partial charge is 0.157 e. The normalized spacial score (nSPS) is 10.7. The van der Waals surface area contributed by atoms with Crippen molar-refractivity contribution in [3.8, 4) is 22.9 Å². The molecule has 4 rings (SSSR count). The van der Waals surface area contributed by atoms with Crippen molar-refractivity contribution in [2.45, 2.75) is 26.3 Å². The molecule has 4 aromatic rings. The number of hydrogen-bond donors (Lipinski definition) is 1. The van der Waals surface area contributed by atoms with Gasteiger partial charge in [-0.3, -0.25) is 14.4 Å². The van der Waals surface area contributed by atoms with E-state index in [1.165, 1.54) is 0 Å². The predicted molar refractivity (Wildman–Crippen MR) is 112 cm³/mol.